The lowest BCUT2D eigenvalue weighted by Gasteiger charge is -2.12. The molecule has 3 aromatic rings. The molecule has 0 bridgehead atoms. The first-order valence-electron chi connectivity index (χ1n) is 11.0. The summed E-state index contributed by atoms with van der Waals surface area (Å²) in [6.07, 6.45) is 2.74. The number of benzene rings is 3. The van der Waals surface area contributed by atoms with E-state index in [1.165, 1.54) is 30.4 Å². The number of aromatic hydroxyl groups is 2. The summed E-state index contributed by atoms with van der Waals surface area (Å²) in [5, 5.41) is 36.4. The van der Waals surface area contributed by atoms with Gasteiger partial charge in [0.2, 0.25) is 5.76 Å². The summed E-state index contributed by atoms with van der Waals surface area (Å²) in [5.74, 6) is 0.295. The Morgan fingerprint density at radius 3 is 2.03 bits per heavy atom. The summed E-state index contributed by atoms with van der Waals surface area (Å²) in [5.41, 5.74) is 2.36. The number of esters is 1. The van der Waals surface area contributed by atoms with Gasteiger partial charge in [-0.25, -0.2) is 4.79 Å². The summed E-state index contributed by atoms with van der Waals surface area (Å²) in [6.45, 7) is -0.0572. The van der Waals surface area contributed by atoms with E-state index >= 15 is 0 Å². The molecule has 0 aliphatic heterocycles. The van der Waals surface area contributed by atoms with E-state index in [0.717, 1.165) is 0 Å². The van der Waals surface area contributed by atoms with E-state index in [0.29, 0.717) is 33.8 Å². The molecule has 3 rings (SSSR count). The normalized spacial score (nSPS) is 11.6. The maximum atomic E-state index is 12.1. The molecule has 0 aromatic heterocycles. The van der Waals surface area contributed by atoms with Crippen molar-refractivity contribution in [1.29, 1.82) is 5.41 Å². The fraction of sp³-hybridized carbons (Fsp3) is 0.143. The van der Waals surface area contributed by atoms with Gasteiger partial charge in [-0.05, 0) is 65.7 Å². The molecule has 0 radical (unpaired) electrons. The van der Waals surface area contributed by atoms with Crippen molar-refractivity contribution in [3.63, 3.8) is 0 Å². The zero-order valence-corrected chi connectivity index (χ0v) is 19.9. The molecule has 0 heterocycles. The van der Waals surface area contributed by atoms with Crippen molar-refractivity contribution in [2.45, 2.75) is 6.42 Å². The summed E-state index contributed by atoms with van der Waals surface area (Å²) < 4.78 is 15.6. The number of phenols is 2. The molecule has 186 valence electrons. The number of carbonyl (C=O) groups excluding carboxylic acids is 1. The van der Waals surface area contributed by atoms with Crippen molar-refractivity contribution >= 4 is 23.3 Å². The Labute approximate surface area is 208 Å². The second kappa shape index (κ2) is 12.1. The third kappa shape index (κ3) is 6.66. The van der Waals surface area contributed by atoms with Gasteiger partial charge < -0.3 is 29.5 Å². The Balaban J connectivity index is 1.76. The van der Waals surface area contributed by atoms with E-state index in [4.69, 9.17) is 24.7 Å². The predicted octanol–water partition coefficient (Wildman–Crippen LogP) is 4.27. The predicted molar refractivity (Wildman–Crippen MR) is 138 cm³/mol. The van der Waals surface area contributed by atoms with Gasteiger partial charge in [-0.15, -0.1) is 0 Å². The number of hydrogen-bond acceptors (Lipinski definition) is 7. The molecule has 0 atom stereocenters. The first-order chi connectivity index (χ1) is 17.3. The largest absolute Gasteiger partial charge is 0.596 e. The number of nitrogens with one attached hydrogen (secondary N) is 1. The van der Waals surface area contributed by atoms with Gasteiger partial charge in [0, 0.05) is 11.6 Å². The Morgan fingerprint density at radius 2 is 1.47 bits per heavy atom. The van der Waals surface area contributed by atoms with Crippen LogP contribution in [-0.2, 0) is 9.53 Å². The quantitative estimate of drug-likeness (QED) is 0.0971. The van der Waals surface area contributed by atoms with Crippen molar-refractivity contribution in [2.75, 3.05) is 20.8 Å². The average molecular weight is 491 g/mol. The molecule has 0 fully saturated rings. The van der Waals surface area contributed by atoms with Crippen LogP contribution in [0.2, 0.25) is 0 Å². The minimum Gasteiger partial charge on any atom is -0.596 e. The maximum Gasteiger partial charge on any atom is 0.330 e. The zero-order chi connectivity index (χ0) is 26.1. The second-order valence-corrected chi connectivity index (χ2v) is 7.68. The molecule has 0 aliphatic rings. The van der Waals surface area contributed by atoms with Gasteiger partial charge in [0.05, 0.1) is 31.9 Å². The molecule has 36 heavy (non-hydrogen) atoms. The fourth-order valence-electron chi connectivity index (χ4n) is 3.36. The molecule has 0 unspecified atom stereocenters. The maximum absolute atomic E-state index is 12.1. The lowest BCUT2D eigenvalue weighted by atomic mass is 9.94. The summed E-state index contributed by atoms with van der Waals surface area (Å²) >= 11 is 0. The van der Waals surface area contributed by atoms with Crippen molar-refractivity contribution in [1.82, 2.24) is 0 Å². The molecular weight excluding hydrogens is 462 g/mol. The number of hydrogen-bond donors (Lipinski definition) is 3. The Morgan fingerprint density at radius 1 is 0.889 bits per heavy atom. The molecule has 3 aromatic carbocycles. The molecule has 0 saturated heterocycles. The van der Waals surface area contributed by atoms with Crippen molar-refractivity contribution in [2.24, 2.45) is 0 Å². The second-order valence-electron chi connectivity index (χ2n) is 7.68. The average Bonchev–Trinajstić information content (AvgIpc) is 2.90. The molecule has 5 N–H and O–H groups in total. The van der Waals surface area contributed by atoms with Gasteiger partial charge in [0.15, 0.2) is 11.5 Å². The van der Waals surface area contributed by atoms with Crippen LogP contribution in [-0.4, -0.2) is 47.8 Å². The Hall–Kier alpha value is -4.72. The van der Waals surface area contributed by atoms with Gasteiger partial charge in [0.1, 0.15) is 18.1 Å². The third-order valence-electron chi connectivity index (χ3n) is 5.32. The van der Waals surface area contributed by atoms with Crippen LogP contribution < -0.4 is 9.47 Å². The van der Waals surface area contributed by atoms with Gasteiger partial charge in [-0.2, -0.15) is 0 Å². The highest BCUT2D eigenvalue weighted by atomic mass is 16.5. The molecule has 8 heteroatoms. The van der Waals surface area contributed by atoms with Crippen LogP contribution in [0.1, 0.15) is 23.1 Å². The van der Waals surface area contributed by atoms with Gasteiger partial charge in [-0.3, -0.25) is 5.41 Å². The lowest BCUT2D eigenvalue weighted by Crippen LogP contribution is -2.09. The number of rotatable bonds is 10. The van der Waals surface area contributed by atoms with Crippen molar-refractivity contribution in [3.05, 3.63) is 95.3 Å². The minimum absolute atomic E-state index is 0.0572. The molecular formula is C28H28NO7+. The first kappa shape index (κ1) is 25.9. The van der Waals surface area contributed by atoms with Crippen LogP contribution in [0.3, 0.4) is 0 Å². The van der Waals surface area contributed by atoms with Gasteiger partial charge >= 0.3 is 5.97 Å². The van der Waals surface area contributed by atoms with Crippen LogP contribution in [0.15, 0.2) is 78.6 Å². The highest BCUT2D eigenvalue weighted by Gasteiger charge is 2.20. The van der Waals surface area contributed by atoms with E-state index in [9.17, 15) is 15.0 Å². The van der Waals surface area contributed by atoms with Crippen LogP contribution in [0.25, 0.3) is 11.6 Å². The summed E-state index contributed by atoms with van der Waals surface area (Å²) in [7, 11) is 3.13. The number of carbonyl (C=O) groups is 1. The van der Waals surface area contributed by atoms with Crippen molar-refractivity contribution < 1.29 is 34.3 Å². The monoisotopic (exact) mass is 490 g/mol. The van der Waals surface area contributed by atoms with Crippen LogP contribution >= 0.6 is 0 Å². The highest BCUT2D eigenvalue weighted by molar-refractivity contribution is 6.30. The minimum atomic E-state index is -0.619. The van der Waals surface area contributed by atoms with Crippen LogP contribution in [0.4, 0.5) is 0 Å². The highest BCUT2D eigenvalue weighted by Crippen LogP contribution is 2.27. The zero-order valence-electron chi connectivity index (χ0n) is 19.9. The van der Waals surface area contributed by atoms with E-state index in [1.54, 1.807) is 62.8 Å². The third-order valence-corrected chi connectivity index (χ3v) is 5.32. The van der Waals surface area contributed by atoms with E-state index in [-0.39, 0.29) is 36.0 Å². The first-order valence-corrected chi connectivity index (χ1v) is 11.0. The molecule has 8 nitrogen and oxygen atoms in total. The molecule has 0 aliphatic carbocycles. The Kier molecular flexibility index (Phi) is 8.72. The number of ether oxygens (including phenoxy) is 3. The molecule has 0 amide bonds. The summed E-state index contributed by atoms with van der Waals surface area (Å²) in [6, 6.07) is 18.3. The number of allylic oxidation sites excluding steroid dienone is 1. The Bertz CT molecular complexity index is 1280. The smallest absolute Gasteiger partial charge is 0.330 e. The molecule has 0 saturated carbocycles. The summed E-state index contributed by atoms with van der Waals surface area (Å²) in [4.78, 5) is 12.1. The van der Waals surface area contributed by atoms with E-state index < -0.39 is 5.97 Å². The van der Waals surface area contributed by atoms with E-state index in [1.807, 2.05) is 0 Å². The topological polar surface area (TPSA) is 132 Å². The molecule has 0 spiro atoms. The lowest BCUT2D eigenvalue weighted by molar-refractivity contribution is -0.137. The van der Waals surface area contributed by atoms with Crippen molar-refractivity contribution in [3.8, 4) is 23.0 Å². The SMILES string of the molecule is COc1ccc(C(=N)/C(=C(\[OH2+])CCOC(=O)/C=C/c2ccc(O)c(O)c2)c2ccc(OC)cc2)cc1. The standard InChI is InChI=1S/C28H27NO7/c1-34-21-9-5-19(6-10-21)27(28(29)20-7-11-22(35-2)12-8-20)24(31)15-16-36-26(33)14-4-18-3-13-23(30)25(32)17-18/h3-14,17,29-32H,15-16H2,1-2H3/p+1/b14-4+,27-24-,29-28?. The number of phenolic OH excluding ortho intramolecular Hbond substituents is 2. The fourth-order valence-corrected chi connectivity index (χ4v) is 3.36. The van der Waals surface area contributed by atoms with E-state index in [2.05, 4.69) is 0 Å². The van der Waals surface area contributed by atoms with Gasteiger partial charge in [-0.1, -0.05) is 18.2 Å². The van der Waals surface area contributed by atoms with Crippen LogP contribution in [0.5, 0.6) is 23.0 Å². The van der Waals surface area contributed by atoms with Crippen LogP contribution in [0, 0.1) is 5.41 Å². The number of methoxy groups -OCH3 is 2. The van der Waals surface area contributed by atoms with Gasteiger partial charge in [0.25, 0.3) is 0 Å².